The molecule has 0 aliphatic heterocycles. The van der Waals surface area contributed by atoms with Crippen LogP contribution in [0.25, 0.3) is 5.69 Å². The lowest BCUT2D eigenvalue weighted by molar-refractivity contribution is -0.120. The molecule has 3 rings (SSSR count). The van der Waals surface area contributed by atoms with Gasteiger partial charge in [-0.3, -0.25) is 4.79 Å². The van der Waals surface area contributed by atoms with Gasteiger partial charge in [0, 0.05) is 6.04 Å². The number of tetrazole rings is 1. The molecule has 1 aliphatic carbocycles. The minimum absolute atomic E-state index is 0.0504. The molecule has 0 radical (unpaired) electrons. The van der Waals surface area contributed by atoms with Gasteiger partial charge in [-0.1, -0.05) is 56.1 Å². The van der Waals surface area contributed by atoms with Crippen LogP contribution in [-0.4, -0.2) is 37.9 Å². The number of thioether (sulfide) groups is 1. The number of aryl methyl sites for hydroxylation is 1. The summed E-state index contributed by atoms with van der Waals surface area (Å²) in [6, 6.07) is 8.26. The fourth-order valence-electron chi connectivity index (χ4n) is 3.28. The maximum Gasteiger partial charge on any atom is 0.230 e. The number of aromatic nitrogens is 4. The predicted molar refractivity (Wildman–Crippen MR) is 98.7 cm³/mol. The van der Waals surface area contributed by atoms with E-state index in [0.29, 0.717) is 22.7 Å². The number of benzene rings is 1. The van der Waals surface area contributed by atoms with Crippen molar-refractivity contribution in [3.63, 3.8) is 0 Å². The number of rotatable bonds is 5. The number of amides is 1. The fourth-order valence-corrected chi connectivity index (χ4v) is 3.98. The van der Waals surface area contributed by atoms with Crippen molar-refractivity contribution >= 4 is 17.7 Å². The summed E-state index contributed by atoms with van der Waals surface area (Å²) < 4.78 is 1.67. The summed E-state index contributed by atoms with van der Waals surface area (Å²) in [4.78, 5) is 12.3. The van der Waals surface area contributed by atoms with Crippen molar-refractivity contribution < 1.29 is 4.79 Å². The van der Waals surface area contributed by atoms with E-state index in [4.69, 9.17) is 0 Å². The maximum absolute atomic E-state index is 12.3. The molecule has 1 aromatic heterocycles. The van der Waals surface area contributed by atoms with Crippen LogP contribution in [0.5, 0.6) is 0 Å². The van der Waals surface area contributed by atoms with Gasteiger partial charge in [0.25, 0.3) is 0 Å². The van der Waals surface area contributed by atoms with Gasteiger partial charge in [-0.15, -0.1) is 5.10 Å². The summed E-state index contributed by atoms with van der Waals surface area (Å²) in [5, 5.41) is 15.6. The van der Waals surface area contributed by atoms with Crippen LogP contribution >= 0.6 is 11.8 Å². The second kappa shape index (κ2) is 7.99. The molecule has 1 heterocycles. The van der Waals surface area contributed by atoms with E-state index < -0.39 is 0 Å². The molecule has 0 spiro atoms. The van der Waals surface area contributed by atoms with E-state index in [9.17, 15) is 4.79 Å². The number of hydrogen-bond donors (Lipinski definition) is 1. The van der Waals surface area contributed by atoms with Crippen LogP contribution in [0.2, 0.25) is 0 Å². The van der Waals surface area contributed by atoms with Gasteiger partial charge in [-0.2, -0.15) is 4.68 Å². The average Bonchev–Trinajstić information content (AvgIpc) is 3.06. The van der Waals surface area contributed by atoms with E-state index in [1.54, 1.807) is 4.68 Å². The zero-order chi connectivity index (χ0) is 17.8. The van der Waals surface area contributed by atoms with E-state index in [1.165, 1.54) is 30.2 Å². The van der Waals surface area contributed by atoms with Gasteiger partial charge in [0.05, 0.1) is 11.4 Å². The Hall–Kier alpha value is -1.89. The summed E-state index contributed by atoms with van der Waals surface area (Å²) in [5.41, 5.74) is 2.08. The summed E-state index contributed by atoms with van der Waals surface area (Å²) in [6.45, 7) is 6.55. The molecule has 2 aromatic rings. The van der Waals surface area contributed by atoms with Crippen molar-refractivity contribution in [2.24, 2.45) is 11.8 Å². The number of hydrogen-bond acceptors (Lipinski definition) is 5. The standard InChI is InChI=1S/C18H25N5OS/c1-12-7-9-15(10-8-12)23-18(20-21-22-23)25-11-17(24)19-16-6-4-5-13(2)14(16)3/h7-10,13-14,16H,4-6,11H2,1-3H3,(H,19,24)/t13-,14+,16-/m1/s1. The molecule has 1 saturated carbocycles. The molecule has 1 aliphatic rings. The third kappa shape index (κ3) is 4.39. The van der Waals surface area contributed by atoms with Crippen LogP contribution in [0.15, 0.2) is 29.4 Å². The molecule has 134 valence electrons. The Morgan fingerprint density at radius 2 is 2.04 bits per heavy atom. The molecular formula is C18H25N5OS. The van der Waals surface area contributed by atoms with E-state index in [-0.39, 0.29) is 11.9 Å². The van der Waals surface area contributed by atoms with Crippen LogP contribution in [0.4, 0.5) is 0 Å². The Labute approximate surface area is 152 Å². The van der Waals surface area contributed by atoms with Gasteiger partial charge in [0.2, 0.25) is 11.1 Å². The van der Waals surface area contributed by atoms with Crippen molar-refractivity contribution in [2.75, 3.05) is 5.75 Å². The lowest BCUT2D eigenvalue weighted by Gasteiger charge is -2.34. The molecule has 1 fully saturated rings. The lowest BCUT2D eigenvalue weighted by Crippen LogP contribution is -2.44. The molecule has 0 bridgehead atoms. The third-order valence-electron chi connectivity index (χ3n) is 5.11. The smallest absolute Gasteiger partial charge is 0.230 e. The average molecular weight is 359 g/mol. The second-order valence-corrected chi connectivity index (χ2v) is 7.88. The summed E-state index contributed by atoms with van der Waals surface area (Å²) in [5.74, 6) is 1.57. The van der Waals surface area contributed by atoms with Gasteiger partial charge < -0.3 is 5.32 Å². The molecule has 25 heavy (non-hydrogen) atoms. The molecule has 0 saturated heterocycles. The van der Waals surface area contributed by atoms with Crippen LogP contribution in [0.1, 0.15) is 38.7 Å². The number of carbonyl (C=O) groups is 1. The summed E-state index contributed by atoms with van der Waals surface area (Å²) in [6.07, 6.45) is 3.52. The topological polar surface area (TPSA) is 72.7 Å². The normalized spacial score (nSPS) is 23.4. The van der Waals surface area contributed by atoms with Crippen molar-refractivity contribution in [1.29, 1.82) is 0 Å². The molecule has 1 N–H and O–H groups in total. The predicted octanol–water partition coefficient (Wildman–Crippen LogP) is 3.00. The highest BCUT2D eigenvalue weighted by atomic mass is 32.2. The van der Waals surface area contributed by atoms with E-state index in [2.05, 4.69) is 34.7 Å². The van der Waals surface area contributed by atoms with E-state index in [0.717, 1.165) is 12.1 Å². The van der Waals surface area contributed by atoms with Gasteiger partial charge in [-0.25, -0.2) is 0 Å². The fraction of sp³-hybridized carbons (Fsp3) is 0.556. The zero-order valence-electron chi connectivity index (χ0n) is 15.0. The minimum atomic E-state index is 0.0504. The third-order valence-corrected chi connectivity index (χ3v) is 6.02. The number of carbonyl (C=O) groups excluding carboxylic acids is 1. The summed E-state index contributed by atoms with van der Waals surface area (Å²) in [7, 11) is 0. The maximum atomic E-state index is 12.3. The van der Waals surface area contributed by atoms with Crippen LogP contribution in [0.3, 0.4) is 0 Å². The quantitative estimate of drug-likeness (QED) is 0.831. The van der Waals surface area contributed by atoms with Crippen molar-refractivity contribution in [3.8, 4) is 5.69 Å². The molecule has 0 unspecified atom stereocenters. The first-order valence-electron chi connectivity index (χ1n) is 8.82. The number of nitrogens with one attached hydrogen (secondary N) is 1. The first kappa shape index (κ1) is 17.9. The van der Waals surface area contributed by atoms with Gasteiger partial charge >= 0.3 is 0 Å². The first-order valence-corrected chi connectivity index (χ1v) is 9.80. The minimum Gasteiger partial charge on any atom is -0.352 e. The van der Waals surface area contributed by atoms with Crippen LogP contribution in [0, 0.1) is 18.8 Å². The van der Waals surface area contributed by atoms with Crippen molar-refractivity contribution in [2.45, 2.75) is 51.2 Å². The van der Waals surface area contributed by atoms with Crippen molar-refractivity contribution in [1.82, 2.24) is 25.5 Å². The number of nitrogens with zero attached hydrogens (tertiary/aromatic N) is 4. The molecule has 7 heteroatoms. The van der Waals surface area contributed by atoms with Crippen LogP contribution < -0.4 is 5.32 Å². The largest absolute Gasteiger partial charge is 0.352 e. The highest BCUT2D eigenvalue weighted by molar-refractivity contribution is 7.99. The lowest BCUT2D eigenvalue weighted by atomic mass is 9.78. The van der Waals surface area contributed by atoms with E-state index >= 15 is 0 Å². The van der Waals surface area contributed by atoms with Gasteiger partial charge in [-0.05, 0) is 47.7 Å². The Morgan fingerprint density at radius 1 is 1.28 bits per heavy atom. The Bertz CT molecular complexity index is 715. The van der Waals surface area contributed by atoms with Crippen LogP contribution in [-0.2, 0) is 4.79 Å². The highest BCUT2D eigenvalue weighted by Gasteiger charge is 2.28. The first-order chi connectivity index (χ1) is 12.0. The van der Waals surface area contributed by atoms with Gasteiger partial charge in [0.1, 0.15) is 0 Å². The van der Waals surface area contributed by atoms with Crippen molar-refractivity contribution in [3.05, 3.63) is 29.8 Å². The molecule has 3 atom stereocenters. The second-order valence-electron chi connectivity index (χ2n) is 6.94. The molecule has 1 amide bonds. The molecule has 1 aromatic carbocycles. The van der Waals surface area contributed by atoms with Gasteiger partial charge in [0.15, 0.2) is 0 Å². The Balaban J connectivity index is 1.58. The van der Waals surface area contributed by atoms with E-state index in [1.807, 2.05) is 31.2 Å². The molecule has 6 nitrogen and oxygen atoms in total. The molecular weight excluding hydrogens is 334 g/mol. The summed E-state index contributed by atoms with van der Waals surface area (Å²) >= 11 is 1.37. The monoisotopic (exact) mass is 359 g/mol. The highest BCUT2D eigenvalue weighted by Crippen LogP contribution is 2.29. The SMILES string of the molecule is Cc1ccc(-n2nnnc2SCC(=O)N[C@@H]2CCC[C@@H](C)[C@@H]2C)cc1. The Morgan fingerprint density at radius 3 is 2.80 bits per heavy atom. The Kier molecular flexibility index (Phi) is 5.73. The zero-order valence-corrected chi connectivity index (χ0v) is 15.8.